The first-order chi connectivity index (χ1) is 13.8. The molecule has 1 saturated heterocycles. The molecule has 146 valence electrons. The van der Waals surface area contributed by atoms with Crippen molar-refractivity contribution in [1.82, 2.24) is 25.0 Å². The SMILES string of the molecule is C[C@@H]1COCCN1c1cc2c3c(n1)c(-c1ccn[nH]1)nn3CCCN2C1CC1. The van der Waals surface area contributed by atoms with E-state index in [9.17, 15) is 0 Å². The van der Waals surface area contributed by atoms with Crippen molar-refractivity contribution in [2.24, 2.45) is 0 Å². The summed E-state index contributed by atoms with van der Waals surface area (Å²) < 4.78 is 7.81. The number of H-pyrrole nitrogens is 1. The summed E-state index contributed by atoms with van der Waals surface area (Å²) in [6.45, 7) is 6.59. The normalized spacial score (nSPS) is 22.7. The topological polar surface area (TPSA) is 75.1 Å². The average molecular weight is 379 g/mol. The first-order valence-electron chi connectivity index (χ1n) is 10.3. The quantitative estimate of drug-likeness (QED) is 0.753. The molecule has 0 amide bonds. The first kappa shape index (κ1) is 16.4. The van der Waals surface area contributed by atoms with Gasteiger partial charge in [0.25, 0.3) is 0 Å². The zero-order chi connectivity index (χ0) is 18.7. The van der Waals surface area contributed by atoms with Crippen LogP contribution >= 0.6 is 0 Å². The Hall–Kier alpha value is -2.61. The Bertz CT molecular complexity index is 1010. The Kier molecular flexibility index (Phi) is 3.62. The number of pyridine rings is 1. The molecular formula is C20H25N7O. The Balaban J connectivity index is 1.59. The highest BCUT2D eigenvalue weighted by molar-refractivity contribution is 5.99. The van der Waals surface area contributed by atoms with Crippen molar-refractivity contribution in [3.05, 3.63) is 18.3 Å². The van der Waals surface area contributed by atoms with Crippen LogP contribution in [0.2, 0.25) is 0 Å². The highest BCUT2D eigenvalue weighted by atomic mass is 16.5. The van der Waals surface area contributed by atoms with Gasteiger partial charge in [-0.15, -0.1) is 0 Å². The van der Waals surface area contributed by atoms with Crippen LogP contribution in [-0.2, 0) is 11.3 Å². The molecule has 1 atom stereocenters. The lowest BCUT2D eigenvalue weighted by Crippen LogP contribution is -2.44. The number of nitrogens with one attached hydrogen (secondary N) is 1. The van der Waals surface area contributed by atoms with Crippen LogP contribution in [0.25, 0.3) is 22.4 Å². The van der Waals surface area contributed by atoms with E-state index in [1.165, 1.54) is 24.0 Å². The van der Waals surface area contributed by atoms with Crippen LogP contribution in [0.15, 0.2) is 18.3 Å². The summed E-state index contributed by atoms with van der Waals surface area (Å²) in [7, 11) is 0. The number of nitrogens with zero attached hydrogens (tertiary/aromatic N) is 6. The predicted octanol–water partition coefficient (Wildman–Crippen LogP) is 2.42. The maximum atomic E-state index is 5.66. The van der Waals surface area contributed by atoms with Gasteiger partial charge in [0.15, 0.2) is 0 Å². The van der Waals surface area contributed by atoms with Gasteiger partial charge < -0.3 is 14.5 Å². The second-order valence-corrected chi connectivity index (χ2v) is 8.13. The summed E-state index contributed by atoms with van der Waals surface area (Å²) in [4.78, 5) is 10.1. The van der Waals surface area contributed by atoms with Crippen LogP contribution < -0.4 is 9.80 Å². The van der Waals surface area contributed by atoms with E-state index in [-0.39, 0.29) is 0 Å². The third-order valence-electron chi connectivity index (χ3n) is 6.15. The standard InChI is InChI=1S/C20H25N7O/c1-13-12-28-10-9-25(13)17-11-16-20-19(22-17)18(15-5-6-21-23-15)24-27(20)8-2-7-26(16)14-3-4-14/h5-6,11,13-14H,2-4,7-10,12H2,1H3,(H,21,23)/t13-/m1/s1. The van der Waals surface area contributed by atoms with Gasteiger partial charge in [0.2, 0.25) is 0 Å². The molecule has 3 aromatic rings. The van der Waals surface area contributed by atoms with Gasteiger partial charge in [0, 0.05) is 37.9 Å². The lowest BCUT2D eigenvalue weighted by molar-refractivity contribution is 0.0986. The van der Waals surface area contributed by atoms with Gasteiger partial charge in [0.1, 0.15) is 22.5 Å². The zero-order valence-electron chi connectivity index (χ0n) is 16.1. The molecule has 1 aliphatic carbocycles. The fraction of sp³-hybridized carbons (Fsp3) is 0.550. The Morgan fingerprint density at radius 3 is 2.89 bits per heavy atom. The number of ether oxygens (including phenoxy) is 1. The predicted molar refractivity (Wildman–Crippen MR) is 108 cm³/mol. The van der Waals surface area contributed by atoms with Gasteiger partial charge in [-0.1, -0.05) is 0 Å². The number of hydrogen-bond donors (Lipinski definition) is 1. The molecule has 28 heavy (non-hydrogen) atoms. The lowest BCUT2D eigenvalue weighted by Gasteiger charge is -2.35. The summed E-state index contributed by atoms with van der Waals surface area (Å²) in [6.07, 6.45) is 5.45. The van der Waals surface area contributed by atoms with Crippen molar-refractivity contribution in [3.63, 3.8) is 0 Å². The number of rotatable bonds is 3. The molecule has 1 N–H and O–H groups in total. The summed E-state index contributed by atoms with van der Waals surface area (Å²) in [5, 5.41) is 12.2. The first-order valence-corrected chi connectivity index (χ1v) is 10.3. The zero-order valence-corrected chi connectivity index (χ0v) is 16.1. The van der Waals surface area contributed by atoms with E-state index >= 15 is 0 Å². The van der Waals surface area contributed by atoms with E-state index < -0.39 is 0 Å². The number of morpholine rings is 1. The van der Waals surface area contributed by atoms with Crippen molar-refractivity contribution in [1.29, 1.82) is 0 Å². The van der Waals surface area contributed by atoms with Crippen molar-refractivity contribution >= 4 is 22.5 Å². The monoisotopic (exact) mass is 379 g/mol. The van der Waals surface area contributed by atoms with Crippen LogP contribution in [-0.4, -0.2) is 63.3 Å². The minimum absolute atomic E-state index is 0.316. The van der Waals surface area contributed by atoms with E-state index in [1.807, 2.05) is 6.07 Å². The van der Waals surface area contributed by atoms with Gasteiger partial charge in [-0.2, -0.15) is 10.2 Å². The molecule has 0 radical (unpaired) electrons. The molecule has 5 heterocycles. The van der Waals surface area contributed by atoms with E-state index in [4.69, 9.17) is 14.8 Å². The van der Waals surface area contributed by atoms with Crippen molar-refractivity contribution in [3.8, 4) is 11.4 Å². The van der Waals surface area contributed by atoms with Crippen LogP contribution in [0.4, 0.5) is 11.5 Å². The van der Waals surface area contributed by atoms with Gasteiger partial charge in [-0.25, -0.2) is 4.98 Å². The number of aromatic nitrogens is 5. The number of anilines is 2. The van der Waals surface area contributed by atoms with E-state index in [2.05, 4.69) is 37.7 Å². The Morgan fingerprint density at radius 2 is 2.11 bits per heavy atom. The van der Waals surface area contributed by atoms with Crippen LogP contribution in [0.5, 0.6) is 0 Å². The highest BCUT2D eigenvalue weighted by Gasteiger charge is 2.34. The largest absolute Gasteiger partial charge is 0.377 e. The number of hydrogen-bond acceptors (Lipinski definition) is 6. The summed E-state index contributed by atoms with van der Waals surface area (Å²) in [5.74, 6) is 1.03. The van der Waals surface area contributed by atoms with Crippen molar-refractivity contribution in [2.75, 3.05) is 36.1 Å². The van der Waals surface area contributed by atoms with Crippen molar-refractivity contribution < 1.29 is 4.74 Å². The third-order valence-corrected chi connectivity index (χ3v) is 6.15. The van der Waals surface area contributed by atoms with Gasteiger partial charge in [-0.3, -0.25) is 9.78 Å². The minimum Gasteiger partial charge on any atom is -0.377 e. The molecule has 3 aromatic heterocycles. The van der Waals surface area contributed by atoms with Gasteiger partial charge in [-0.05, 0) is 32.3 Å². The van der Waals surface area contributed by atoms with Gasteiger partial charge >= 0.3 is 0 Å². The van der Waals surface area contributed by atoms with E-state index in [1.54, 1.807) is 6.20 Å². The number of aryl methyl sites for hydroxylation is 1. The molecule has 0 unspecified atom stereocenters. The average Bonchev–Trinajstić information content (AvgIpc) is 3.32. The second-order valence-electron chi connectivity index (χ2n) is 8.13. The van der Waals surface area contributed by atoms with Crippen molar-refractivity contribution in [2.45, 2.75) is 44.8 Å². The second kappa shape index (κ2) is 6.20. The highest BCUT2D eigenvalue weighted by Crippen LogP contribution is 2.41. The third kappa shape index (κ3) is 2.51. The summed E-state index contributed by atoms with van der Waals surface area (Å²) >= 11 is 0. The number of aromatic amines is 1. The molecule has 6 rings (SSSR count). The summed E-state index contributed by atoms with van der Waals surface area (Å²) in [5.41, 5.74) is 5.25. The fourth-order valence-electron chi connectivity index (χ4n) is 4.59. The molecule has 8 nitrogen and oxygen atoms in total. The Labute approximate surface area is 163 Å². The molecule has 2 fully saturated rings. The Morgan fingerprint density at radius 1 is 1.18 bits per heavy atom. The molecule has 1 saturated carbocycles. The minimum atomic E-state index is 0.316. The lowest BCUT2D eigenvalue weighted by atomic mass is 10.2. The molecule has 2 aliphatic heterocycles. The van der Waals surface area contributed by atoms with Crippen LogP contribution in [0, 0.1) is 0 Å². The smallest absolute Gasteiger partial charge is 0.137 e. The maximum absolute atomic E-state index is 5.66. The van der Waals surface area contributed by atoms with E-state index in [0.717, 1.165) is 62.0 Å². The van der Waals surface area contributed by atoms with Gasteiger partial charge in [0.05, 0.1) is 30.6 Å². The van der Waals surface area contributed by atoms with Crippen LogP contribution in [0.1, 0.15) is 26.2 Å². The molecule has 8 heteroatoms. The summed E-state index contributed by atoms with van der Waals surface area (Å²) in [6, 6.07) is 5.25. The fourth-order valence-corrected chi connectivity index (χ4v) is 4.59. The molecular weight excluding hydrogens is 354 g/mol. The van der Waals surface area contributed by atoms with Crippen LogP contribution in [0.3, 0.4) is 0 Å². The molecule has 0 bridgehead atoms. The maximum Gasteiger partial charge on any atom is 0.137 e. The molecule has 3 aliphatic rings. The molecule has 0 spiro atoms. The van der Waals surface area contributed by atoms with E-state index in [0.29, 0.717) is 12.1 Å². The molecule has 0 aromatic carbocycles.